The predicted octanol–water partition coefficient (Wildman–Crippen LogP) is 3.19. The number of aromatic nitrogens is 2. The first-order chi connectivity index (χ1) is 8.87. The summed E-state index contributed by atoms with van der Waals surface area (Å²) >= 11 is 0. The van der Waals surface area contributed by atoms with Crippen LogP contribution in [0.1, 0.15) is 64.7 Å². The number of alkyl carbamates (subject to hydrolysis) is 1. The molecule has 5 nitrogen and oxygen atoms in total. The van der Waals surface area contributed by atoms with Gasteiger partial charge in [-0.15, -0.1) is 0 Å². The molecule has 1 heterocycles. The van der Waals surface area contributed by atoms with Crippen LogP contribution < -0.4 is 5.32 Å². The van der Waals surface area contributed by atoms with E-state index in [1.165, 1.54) is 19.3 Å². The largest absolute Gasteiger partial charge is 0.444 e. The maximum atomic E-state index is 11.8. The smallest absolute Gasteiger partial charge is 0.408 e. The molecule has 2 rings (SSSR count). The van der Waals surface area contributed by atoms with Gasteiger partial charge in [-0.05, 0) is 47.0 Å². The van der Waals surface area contributed by atoms with Crippen LogP contribution in [0.4, 0.5) is 4.79 Å². The Balaban J connectivity index is 1.98. The summed E-state index contributed by atoms with van der Waals surface area (Å²) in [6, 6.07) is 0.443. The minimum atomic E-state index is -0.474. The normalized spacial score (nSPS) is 17.7. The molecular weight excluding hydrogens is 242 g/mol. The van der Waals surface area contributed by atoms with Gasteiger partial charge in [-0.3, -0.25) is 0 Å². The van der Waals surface area contributed by atoms with E-state index in [0.29, 0.717) is 6.04 Å². The van der Waals surface area contributed by atoms with Gasteiger partial charge in [0, 0.05) is 6.04 Å². The summed E-state index contributed by atoms with van der Waals surface area (Å²) in [5.41, 5.74) is 0.563. The number of nitrogens with zero attached hydrogens (tertiary/aromatic N) is 2. The molecule has 1 N–H and O–H groups in total. The zero-order valence-electron chi connectivity index (χ0n) is 12.1. The number of hydrogen-bond donors (Lipinski definition) is 1. The van der Waals surface area contributed by atoms with E-state index in [1.807, 2.05) is 40.2 Å². The van der Waals surface area contributed by atoms with E-state index in [-0.39, 0.29) is 12.1 Å². The molecule has 1 amide bonds. The third kappa shape index (κ3) is 3.49. The molecule has 19 heavy (non-hydrogen) atoms. The van der Waals surface area contributed by atoms with Crippen molar-refractivity contribution in [2.24, 2.45) is 0 Å². The van der Waals surface area contributed by atoms with E-state index < -0.39 is 5.60 Å². The molecule has 1 fully saturated rings. The van der Waals surface area contributed by atoms with Crippen LogP contribution >= 0.6 is 0 Å². The number of ether oxygens (including phenoxy) is 1. The Labute approximate surface area is 114 Å². The molecule has 1 saturated carbocycles. The SMILES string of the molecule is CC(NC(=O)OC(C)(C)C)c1cncn1C1CCC1. The molecule has 1 aromatic rings. The number of carbonyl (C=O) groups excluding carboxylic acids is 1. The van der Waals surface area contributed by atoms with E-state index in [4.69, 9.17) is 4.74 Å². The first-order valence-corrected chi connectivity index (χ1v) is 6.88. The minimum Gasteiger partial charge on any atom is -0.444 e. The van der Waals surface area contributed by atoms with Crippen molar-refractivity contribution < 1.29 is 9.53 Å². The zero-order chi connectivity index (χ0) is 14.0. The average Bonchev–Trinajstić information content (AvgIpc) is 2.60. The van der Waals surface area contributed by atoms with E-state index in [1.54, 1.807) is 0 Å². The standard InChI is InChI=1S/C14H23N3O2/c1-10(16-13(18)19-14(2,3)4)12-8-15-9-17(12)11-6-5-7-11/h8-11H,5-7H2,1-4H3,(H,16,18). The van der Waals surface area contributed by atoms with Crippen molar-refractivity contribution in [3.8, 4) is 0 Å². The first-order valence-electron chi connectivity index (χ1n) is 6.88. The number of amides is 1. The van der Waals surface area contributed by atoms with Gasteiger partial charge in [-0.25, -0.2) is 9.78 Å². The predicted molar refractivity (Wildman–Crippen MR) is 72.9 cm³/mol. The topological polar surface area (TPSA) is 56.1 Å². The lowest BCUT2D eigenvalue weighted by atomic mass is 9.92. The van der Waals surface area contributed by atoms with Crippen LogP contribution in [-0.4, -0.2) is 21.2 Å². The molecule has 0 bridgehead atoms. The Bertz CT molecular complexity index is 444. The van der Waals surface area contributed by atoms with Crippen LogP contribution in [0.2, 0.25) is 0 Å². The average molecular weight is 265 g/mol. The van der Waals surface area contributed by atoms with Crippen LogP contribution in [0.25, 0.3) is 0 Å². The van der Waals surface area contributed by atoms with Crippen molar-refractivity contribution in [3.05, 3.63) is 18.2 Å². The van der Waals surface area contributed by atoms with Crippen LogP contribution in [0.15, 0.2) is 12.5 Å². The second-order valence-corrected chi connectivity index (χ2v) is 6.18. The summed E-state index contributed by atoms with van der Waals surface area (Å²) < 4.78 is 7.44. The monoisotopic (exact) mass is 265 g/mol. The maximum Gasteiger partial charge on any atom is 0.408 e. The van der Waals surface area contributed by atoms with Crippen molar-refractivity contribution in [1.82, 2.24) is 14.9 Å². The van der Waals surface area contributed by atoms with Crippen molar-refractivity contribution in [2.45, 2.75) is 64.6 Å². The van der Waals surface area contributed by atoms with Gasteiger partial charge in [-0.2, -0.15) is 0 Å². The van der Waals surface area contributed by atoms with E-state index in [9.17, 15) is 4.79 Å². The van der Waals surface area contributed by atoms with Crippen LogP contribution in [0, 0.1) is 0 Å². The lowest BCUT2D eigenvalue weighted by Gasteiger charge is -2.30. The molecule has 0 saturated heterocycles. The van der Waals surface area contributed by atoms with Crippen LogP contribution in [0.3, 0.4) is 0 Å². The molecule has 1 atom stereocenters. The highest BCUT2D eigenvalue weighted by atomic mass is 16.6. The first kappa shape index (κ1) is 13.9. The zero-order valence-corrected chi connectivity index (χ0v) is 12.1. The van der Waals surface area contributed by atoms with Gasteiger partial charge >= 0.3 is 6.09 Å². The lowest BCUT2D eigenvalue weighted by molar-refractivity contribution is 0.0505. The van der Waals surface area contributed by atoms with E-state index in [0.717, 1.165) is 5.69 Å². The minimum absolute atomic E-state index is 0.0991. The second-order valence-electron chi connectivity index (χ2n) is 6.18. The number of carbonyl (C=O) groups is 1. The fraction of sp³-hybridized carbons (Fsp3) is 0.714. The Kier molecular flexibility index (Phi) is 3.83. The number of rotatable bonds is 3. The van der Waals surface area contributed by atoms with Gasteiger partial charge in [0.1, 0.15) is 5.60 Å². The molecule has 0 aliphatic heterocycles. The maximum absolute atomic E-state index is 11.8. The fourth-order valence-electron chi connectivity index (χ4n) is 2.18. The molecule has 106 valence electrons. The highest BCUT2D eigenvalue weighted by Gasteiger charge is 2.25. The number of imidazole rings is 1. The molecule has 1 unspecified atom stereocenters. The van der Waals surface area contributed by atoms with Gasteiger partial charge < -0.3 is 14.6 Å². The molecule has 0 radical (unpaired) electrons. The Morgan fingerprint density at radius 1 is 1.53 bits per heavy atom. The molecule has 0 spiro atoms. The molecular formula is C14H23N3O2. The summed E-state index contributed by atoms with van der Waals surface area (Å²) in [5, 5.41) is 2.86. The van der Waals surface area contributed by atoms with E-state index >= 15 is 0 Å². The van der Waals surface area contributed by atoms with Gasteiger partial charge in [0.05, 0.1) is 24.3 Å². The summed E-state index contributed by atoms with van der Waals surface area (Å²) in [4.78, 5) is 16.0. The van der Waals surface area contributed by atoms with E-state index in [2.05, 4.69) is 14.9 Å². The second kappa shape index (κ2) is 5.23. The van der Waals surface area contributed by atoms with Crippen molar-refractivity contribution in [1.29, 1.82) is 0 Å². The summed E-state index contributed by atoms with van der Waals surface area (Å²) in [7, 11) is 0. The van der Waals surface area contributed by atoms with Crippen LogP contribution in [0.5, 0.6) is 0 Å². The third-order valence-electron chi connectivity index (χ3n) is 3.34. The Morgan fingerprint density at radius 3 is 2.74 bits per heavy atom. The van der Waals surface area contributed by atoms with Crippen LogP contribution in [-0.2, 0) is 4.74 Å². The number of nitrogens with one attached hydrogen (secondary N) is 1. The van der Waals surface area contributed by atoms with Crippen molar-refractivity contribution in [2.75, 3.05) is 0 Å². The Hall–Kier alpha value is -1.52. The van der Waals surface area contributed by atoms with Gasteiger partial charge in [0.25, 0.3) is 0 Å². The molecule has 1 aromatic heterocycles. The van der Waals surface area contributed by atoms with Crippen molar-refractivity contribution in [3.63, 3.8) is 0 Å². The Morgan fingerprint density at radius 2 is 2.21 bits per heavy atom. The summed E-state index contributed by atoms with van der Waals surface area (Å²) in [6.45, 7) is 7.53. The molecule has 1 aliphatic carbocycles. The van der Waals surface area contributed by atoms with Gasteiger partial charge in [0.15, 0.2) is 0 Å². The molecule has 5 heteroatoms. The summed E-state index contributed by atoms with van der Waals surface area (Å²) in [5.74, 6) is 0. The molecule has 1 aliphatic rings. The number of hydrogen-bond acceptors (Lipinski definition) is 3. The summed E-state index contributed by atoms with van der Waals surface area (Å²) in [6.07, 6.45) is 6.95. The quantitative estimate of drug-likeness (QED) is 0.913. The lowest BCUT2D eigenvalue weighted by Crippen LogP contribution is -2.35. The highest BCUT2D eigenvalue weighted by molar-refractivity contribution is 5.68. The highest BCUT2D eigenvalue weighted by Crippen LogP contribution is 2.33. The fourth-order valence-corrected chi connectivity index (χ4v) is 2.18. The molecule has 0 aromatic carbocycles. The van der Waals surface area contributed by atoms with Gasteiger partial charge in [0.2, 0.25) is 0 Å². The van der Waals surface area contributed by atoms with Crippen molar-refractivity contribution >= 4 is 6.09 Å². The third-order valence-corrected chi connectivity index (χ3v) is 3.34. The van der Waals surface area contributed by atoms with Gasteiger partial charge in [-0.1, -0.05) is 0 Å².